The quantitative estimate of drug-likeness (QED) is 0.840. The monoisotopic (exact) mass is 273 g/mol. The van der Waals surface area contributed by atoms with Crippen molar-refractivity contribution in [3.8, 4) is 0 Å². The predicted octanol–water partition coefficient (Wildman–Crippen LogP) is 0.533. The summed E-state index contributed by atoms with van der Waals surface area (Å²) in [5.41, 5.74) is 6.01. The van der Waals surface area contributed by atoms with E-state index in [1.54, 1.807) is 7.05 Å². The molecular weight excluding hydrogens is 254 g/mol. The lowest BCUT2D eigenvalue weighted by atomic mass is 10.1. The molecule has 1 aromatic rings. The molecule has 1 fully saturated rings. The molecule has 0 saturated carbocycles. The predicted molar refractivity (Wildman–Crippen MR) is 70.2 cm³/mol. The molecule has 18 heavy (non-hydrogen) atoms. The third-order valence-corrected chi connectivity index (χ3v) is 4.85. The zero-order valence-corrected chi connectivity index (χ0v) is 11.4. The highest BCUT2D eigenvalue weighted by molar-refractivity contribution is 7.90. The Bertz CT molecular complexity index is 505. The molecule has 8 heteroatoms. The molecule has 2 rings (SSSR count). The molecule has 1 aliphatic heterocycles. The molecule has 1 saturated heterocycles. The van der Waals surface area contributed by atoms with Crippen LogP contribution in [-0.2, 0) is 17.3 Å². The van der Waals surface area contributed by atoms with E-state index < -0.39 is 10.2 Å². The van der Waals surface area contributed by atoms with Gasteiger partial charge in [-0.1, -0.05) is 6.42 Å². The number of nitrogens with one attached hydrogen (secondary N) is 1. The molecule has 1 aromatic heterocycles. The van der Waals surface area contributed by atoms with E-state index >= 15 is 0 Å². The van der Waals surface area contributed by atoms with E-state index in [4.69, 9.17) is 5.73 Å². The van der Waals surface area contributed by atoms with Crippen LogP contribution in [0.5, 0.6) is 0 Å². The molecule has 0 spiro atoms. The van der Waals surface area contributed by atoms with Gasteiger partial charge in [-0.15, -0.1) is 0 Å². The Balaban J connectivity index is 2.21. The average Bonchev–Trinajstić information content (AvgIpc) is 2.61. The fourth-order valence-corrected chi connectivity index (χ4v) is 3.75. The van der Waals surface area contributed by atoms with Crippen LogP contribution in [0.1, 0.15) is 26.2 Å². The number of hydrogen-bond donors (Lipinski definition) is 2. The third-order valence-electron chi connectivity index (χ3n) is 3.24. The number of rotatable bonds is 3. The van der Waals surface area contributed by atoms with Crippen molar-refractivity contribution in [2.24, 2.45) is 7.05 Å². The molecular formula is C10H19N5O2S. The molecule has 102 valence electrons. The summed E-state index contributed by atoms with van der Waals surface area (Å²) in [6.07, 6.45) is 4.28. The largest absolute Gasteiger partial charge is 0.394 e. The number of nitrogens with zero attached hydrogens (tertiary/aromatic N) is 3. The van der Waals surface area contributed by atoms with Gasteiger partial charge in [0.2, 0.25) is 0 Å². The van der Waals surface area contributed by atoms with Gasteiger partial charge < -0.3 is 5.73 Å². The summed E-state index contributed by atoms with van der Waals surface area (Å²) >= 11 is 0. The minimum Gasteiger partial charge on any atom is -0.394 e. The Morgan fingerprint density at radius 2 is 2.22 bits per heavy atom. The fourth-order valence-electron chi connectivity index (χ4n) is 2.19. The van der Waals surface area contributed by atoms with E-state index in [1.165, 1.54) is 15.2 Å². The van der Waals surface area contributed by atoms with Crippen LogP contribution < -0.4 is 10.5 Å². The molecule has 0 aliphatic carbocycles. The van der Waals surface area contributed by atoms with Crippen LogP contribution in [0.4, 0.5) is 11.5 Å². The second-order valence-corrected chi connectivity index (χ2v) is 6.26. The highest BCUT2D eigenvalue weighted by Gasteiger charge is 2.30. The Kier molecular flexibility index (Phi) is 3.49. The molecule has 1 atom stereocenters. The highest BCUT2D eigenvalue weighted by Crippen LogP contribution is 2.23. The van der Waals surface area contributed by atoms with Gasteiger partial charge in [0.25, 0.3) is 0 Å². The van der Waals surface area contributed by atoms with Crippen LogP contribution in [0.15, 0.2) is 6.20 Å². The number of piperidine rings is 1. The first kappa shape index (κ1) is 13.2. The second-order valence-electron chi connectivity index (χ2n) is 4.63. The lowest BCUT2D eigenvalue weighted by Gasteiger charge is -2.32. The van der Waals surface area contributed by atoms with Crippen molar-refractivity contribution < 1.29 is 8.42 Å². The normalized spacial score (nSPS) is 22.0. The van der Waals surface area contributed by atoms with E-state index in [1.807, 2.05) is 6.92 Å². The fraction of sp³-hybridized carbons (Fsp3) is 0.700. The molecule has 1 aliphatic rings. The molecule has 0 bridgehead atoms. The van der Waals surface area contributed by atoms with Gasteiger partial charge in [0.15, 0.2) is 5.82 Å². The highest BCUT2D eigenvalue weighted by atomic mass is 32.2. The molecule has 1 unspecified atom stereocenters. The summed E-state index contributed by atoms with van der Waals surface area (Å²) in [5.74, 6) is 0.313. The van der Waals surface area contributed by atoms with Gasteiger partial charge in [-0.3, -0.25) is 9.40 Å². The standard InChI is InChI=1S/C10H19N5O2S/c1-8-5-3-4-6-15(8)18(16,17)13-10-9(11)7-12-14(10)2/h7-8,13H,3-6,11H2,1-2H3. The van der Waals surface area contributed by atoms with Crippen molar-refractivity contribution in [3.63, 3.8) is 0 Å². The number of aryl methyl sites for hydroxylation is 1. The van der Waals surface area contributed by atoms with Crippen LogP contribution in [-0.4, -0.2) is 35.1 Å². The minimum absolute atomic E-state index is 0.0192. The number of hydrogen-bond acceptors (Lipinski definition) is 4. The van der Waals surface area contributed by atoms with Gasteiger partial charge >= 0.3 is 10.2 Å². The third kappa shape index (κ3) is 2.44. The Morgan fingerprint density at radius 3 is 2.78 bits per heavy atom. The van der Waals surface area contributed by atoms with Gasteiger partial charge in [-0.05, 0) is 19.8 Å². The maximum Gasteiger partial charge on any atom is 0.303 e. The SMILES string of the molecule is CC1CCCCN1S(=O)(=O)Nc1c(N)cnn1C. The minimum atomic E-state index is -3.56. The van der Waals surface area contributed by atoms with Crippen LogP contribution >= 0.6 is 0 Å². The zero-order valence-electron chi connectivity index (χ0n) is 10.6. The average molecular weight is 273 g/mol. The van der Waals surface area contributed by atoms with Crippen molar-refractivity contribution in [2.45, 2.75) is 32.2 Å². The van der Waals surface area contributed by atoms with Crippen molar-refractivity contribution >= 4 is 21.7 Å². The van der Waals surface area contributed by atoms with Gasteiger partial charge in [0.05, 0.1) is 11.9 Å². The second kappa shape index (κ2) is 4.77. The first-order valence-corrected chi connectivity index (χ1v) is 7.43. The topological polar surface area (TPSA) is 93.2 Å². The van der Waals surface area contributed by atoms with Gasteiger partial charge in [-0.25, -0.2) is 0 Å². The summed E-state index contributed by atoms with van der Waals surface area (Å²) in [4.78, 5) is 0. The Hall–Kier alpha value is -1.28. The summed E-state index contributed by atoms with van der Waals surface area (Å²) in [5, 5.41) is 3.91. The Labute approximate surface area is 107 Å². The molecule has 0 radical (unpaired) electrons. The number of aromatic nitrogens is 2. The number of nitrogens with two attached hydrogens (primary N) is 1. The van der Waals surface area contributed by atoms with Crippen LogP contribution in [0.25, 0.3) is 0 Å². The van der Waals surface area contributed by atoms with Crippen molar-refractivity contribution in [3.05, 3.63) is 6.20 Å². The molecule has 3 N–H and O–H groups in total. The summed E-state index contributed by atoms with van der Waals surface area (Å²) in [6, 6.07) is 0.0192. The molecule has 0 amide bonds. The van der Waals surface area contributed by atoms with E-state index in [0.717, 1.165) is 19.3 Å². The van der Waals surface area contributed by atoms with Gasteiger partial charge in [0, 0.05) is 19.6 Å². The van der Waals surface area contributed by atoms with Crippen LogP contribution in [0.3, 0.4) is 0 Å². The van der Waals surface area contributed by atoms with Crippen molar-refractivity contribution in [2.75, 3.05) is 17.0 Å². The van der Waals surface area contributed by atoms with Crippen molar-refractivity contribution in [1.82, 2.24) is 14.1 Å². The van der Waals surface area contributed by atoms with Gasteiger partial charge in [-0.2, -0.15) is 17.8 Å². The first-order chi connectivity index (χ1) is 8.42. The first-order valence-electron chi connectivity index (χ1n) is 5.99. The summed E-state index contributed by atoms with van der Waals surface area (Å²) < 4.78 is 30.0. The van der Waals surface area contributed by atoms with Crippen LogP contribution in [0, 0.1) is 0 Å². The van der Waals surface area contributed by atoms with Crippen molar-refractivity contribution in [1.29, 1.82) is 0 Å². The zero-order chi connectivity index (χ0) is 13.3. The summed E-state index contributed by atoms with van der Waals surface area (Å²) in [7, 11) is -1.91. The van der Waals surface area contributed by atoms with Crippen LogP contribution in [0.2, 0.25) is 0 Å². The maximum absolute atomic E-state index is 12.3. The smallest absolute Gasteiger partial charge is 0.303 e. The van der Waals surface area contributed by atoms with Gasteiger partial charge in [0.1, 0.15) is 0 Å². The maximum atomic E-state index is 12.3. The van der Waals surface area contributed by atoms with E-state index in [2.05, 4.69) is 9.82 Å². The molecule has 0 aromatic carbocycles. The lowest BCUT2D eigenvalue weighted by Crippen LogP contribution is -2.45. The lowest BCUT2D eigenvalue weighted by molar-refractivity contribution is 0.270. The number of nitrogen functional groups attached to an aromatic ring is 1. The number of anilines is 2. The molecule has 2 heterocycles. The van der Waals surface area contributed by atoms with E-state index in [0.29, 0.717) is 18.1 Å². The Morgan fingerprint density at radius 1 is 1.50 bits per heavy atom. The van der Waals surface area contributed by atoms with E-state index in [9.17, 15) is 8.42 Å². The summed E-state index contributed by atoms with van der Waals surface area (Å²) in [6.45, 7) is 2.47. The molecule has 7 nitrogen and oxygen atoms in total. The van der Waals surface area contributed by atoms with E-state index in [-0.39, 0.29) is 6.04 Å².